The molecule has 1 aliphatic heterocycles. The summed E-state index contributed by atoms with van der Waals surface area (Å²) in [5.74, 6) is 1.10. The summed E-state index contributed by atoms with van der Waals surface area (Å²) in [6.45, 7) is 0.529. The van der Waals surface area contributed by atoms with E-state index in [4.69, 9.17) is 15.0 Å². The van der Waals surface area contributed by atoms with Crippen molar-refractivity contribution in [2.75, 3.05) is 6.54 Å². The average Bonchev–Trinajstić information content (AvgIpc) is 3.08. The number of rotatable bonds is 3. The van der Waals surface area contributed by atoms with Gasteiger partial charge in [0.25, 0.3) is 5.89 Å². The van der Waals surface area contributed by atoms with E-state index in [1.54, 1.807) is 0 Å². The lowest BCUT2D eigenvalue weighted by atomic mass is 10.2. The minimum atomic E-state index is -0.128. The zero-order valence-electron chi connectivity index (χ0n) is 10.3. The SMILES string of the molecule is NCC1CCC(c2nc(-c3ccccc3Br)no2)O1. The van der Waals surface area contributed by atoms with E-state index in [1.165, 1.54) is 0 Å². The summed E-state index contributed by atoms with van der Waals surface area (Å²) in [5, 5.41) is 4.02. The van der Waals surface area contributed by atoms with Crippen LogP contribution in [0.15, 0.2) is 33.3 Å². The largest absolute Gasteiger partial charge is 0.364 e. The molecule has 0 bridgehead atoms. The number of benzene rings is 1. The molecule has 1 aromatic heterocycles. The highest BCUT2D eigenvalue weighted by Crippen LogP contribution is 2.33. The molecule has 5 nitrogen and oxygen atoms in total. The van der Waals surface area contributed by atoms with Crippen LogP contribution in [0.4, 0.5) is 0 Å². The van der Waals surface area contributed by atoms with Crippen molar-refractivity contribution in [2.45, 2.75) is 25.0 Å². The number of hydrogen-bond acceptors (Lipinski definition) is 5. The summed E-state index contributed by atoms with van der Waals surface area (Å²) in [5.41, 5.74) is 6.50. The van der Waals surface area contributed by atoms with Crippen LogP contribution in [-0.2, 0) is 4.74 Å². The van der Waals surface area contributed by atoms with Gasteiger partial charge in [0.05, 0.1) is 6.10 Å². The first-order valence-electron chi connectivity index (χ1n) is 6.22. The molecule has 0 radical (unpaired) electrons. The molecule has 1 aliphatic rings. The molecule has 1 fully saturated rings. The fourth-order valence-corrected chi connectivity index (χ4v) is 2.64. The number of ether oxygens (including phenoxy) is 1. The van der Waals surface area contributed by atoms with Crippen LogP contribution in [0.3, 0.4) is 0 Å². The van der Waals surface area contributed by atoms with Gasteiger partial charge >= 0.3 is 0 Å². The third-order valence-corrected chi connectivity index (χ3v) is 3.89. The van der Waals surface area contributed by atoms with Gasteiger partial charge in [-0.05, 0) is 25.0 Å². The number of aromatic nitrogens is 2. The molecule has 2 atom stereocenters. The molecule has 19 heavy (non-hydrogen) atoms. The maximum Gasteiger partial charge on any atom is 0.256 e. The Hall–Kier alpha value is -1.24. The zero-order chi connectivity index (χ0) is 13.2. The Labute approximate surface area is 119 Å². The molecule has 6 heteroatoms. The van der Waals surface area contributed by atoms with Gasteiger partial charge in [-0.3, -0.25) is 0 Å². The fraction of sp³-hybridized carbons (Fsp3) is 0.385. The van der Waals surface area contributed by atoms with Crippen molar-refractivity contribution in [1.29, 1.82) is 0 Å². The number of hydrogen-bond donors (Lipinski definition) is 1. The fourth-order valence-electron chi connectivity index (χ4n) is 2.18. The first-order chi connectivity index (χ1) is 9.28. The van der Waals surface area contributed by atoms with Crippen molar-refractivity contribution < 1.29 is 9.26 Å². The van der Waals surface area contributed by atoms with E-state index in [-0.39, 0.29) is 12.2 Å². The molecule has 3 rings (SSSR count). The lowest BCUT2D eigenvalue weighted by molar-refractivity contribution is 0.0307. The van der Waals surface area contributed by atoms with Crippen molar-refractivity contribution >= 4 is 15.9 Å². The second kappa shape index (κ2) is 5.40. The van der Waals surface area contributed by atoms with Crippen LogP contribution in [0, 0.1) is 0 Å². The average molecular weight is 324 g/mol. The second-order valence-electron chi connectivity index (χ2n) is 4.50. The molecule has 0 amide bonds. The second-order valence-corrected chi connectivity index (χ2v) is 5.35. The third kappa shape index (κ3) is 2.56. The highest BCUT2D eigenvalue weighted by atomic mass is 79.9. The highest BCUT2D eigenvalue weighted by molar-refractivity contribution is 9.10. The zero-order valence-corrected chi connectivity index (χ0v) is 11.8. The third-order valence-electron chi connectivity index (χ3n) is 3.20. The summed E-state index contributed by atoms with van der Waals surface area (Å²) in [6.07, 6.45) is 1.79. The molecule has 0 aliphatic carbocycles. The molecule has 1 saturated heterocycles. The lowest BCUT2D eigenvalue weighted by Gasteiger charge is -2.07. The van der Waals surface area contributed by atoms with Crippen LogP contribution >= 0.6 is 15.9 Å². The number of nitrogens with two attached hydrogens (primary N) is 1. The summed E-state index contributed by atoms with van der Waals surface area (Å²) in [7, 11) is 0. The van der Waals surface area contributed by atoms with E-state index in [0.717, 1.165) is 22.9 Å². The molecule has 1 aromatic carbocycles. The predicted molar refractivity (Wildman–Crippen MR) is 73.3 cm³/mol. The Balaban J connectivity index is 1.82. The van der Waals surface area contributed by atoms with Gasteiger partial charge in [0.1, 0.15) is 6.10 Å². The Morgan fingerprint density at radius 3 is 2.89 bits per heavy atom. The normalized spacial score (nSPS) is 22.8. The van der Waals surface area contributed by atoms with E-state index in [9.17, 15) is 0 Å². The summed E-state index contributed by atoms with van der Waals surface area (Å²) >= 11 is 3.48. The number of halogens is 1. The minimum Gasteiger partial charge on any atom is -0.364 e. The minimum absolute atomic E-state index is 0.101. The van der Waals surface area contributed by atoms with Gasteiger partial charge in [-0.15, -0.1) is 0 Å². The lowest BCUT2D eigenvalue weighted by Crippen LogP contribution is -2.18. The van der Waals surface area contributed by atoms with Crippen LogP contribution < -0.4 is 5.73 Å². The number of nitrogens with zero attached hydrogens (tertiary/aromatic N) is 2. The molecule has 2 aromatic rings. The van der Waals surface area contributed by atoms with Gasteiger partial charge in [-0.2, -0.15) is 4.98 Å². The summed E-state index contributed by atoms with van der Waals surface area (Å²) in [4.78, 5) is 4.42. The van der Waals surface area contributed by atoms with E-state index < -0.39 is 0 Å². The van der Waals surface area contributed by atoms with Crippen LogP contribution in [0.1, 0.15) is 24.8 Å². The Morgan fingerprint density at radius 1 is 1.32 bits per heavy atom. The summed E-state index contributed by atoms with van der Waals surface area (Å²) < 4.78 is 12.0. The monoisotopic (exact) mass is 323 g/mol. The Bertz CT molecular complexity index is 573. The molecule has 2 heterocycles. The Morgan fingerprint density at radius 2 is 2.16 bits per heavy atom. The van der Waals surface area contributed by atoms with Crippen molar-refractivity contribution in [3.8, 4) is 11.4 Å². The molecule has 0 spiro atoms. The van der Waals surface area contributed by atoms with Crippen molar-refractivity contribution in [3.63, 3.8) is 0 Å². The molecular formula is C13H14BrN3O2. The standard InChI is InChI=1S/C13H14BrN3O2/c14-10-4-2-1-3-9(10)12-16-13(19-17-12)11-6-5-8(7-15)18-11/h1-4,8,11H,5-7,15H2. The van der Waals surface area contributed by atoms with Crippen LogP contribution in [0.2, 0.25) is 0 Å². The van der Waals surface area contributed by atoms with Gasteiger partial charge in [0.2, 0.25) is 5.82 Å². The van der Waals surface area contributed by atoms with Crippen LogP contribution in [0.5, 0.6) is 0 Å². The predicted octanol–water partition coefficient (Wildman–Crippen LogP) is 2.68. The van der Waals surface area contributed by atoms with Gasteiger partial charge in [0, 0.05) is 16.6 Å². The molecule has 0 saturated carbocycles. The topological polar surface area (TPSA) is 74.2 Å². The van der Waals surface area contributed by atoms with Gasteiger partial charge in [-0.25, -0.2) is 0 Å². The summed E-state index contributed by atoms with van der Waals surface area (Å²) in [6, 6.07) is 7.77. The van der Waals surface area contributed by atoms with Crippen molar-refractivity contribution in [2.24, 2.45) is 5.73 Å². The van der Waals surface area contributed by atoms with Crippen LogP contribution in [-0.4, -0.2) is 22.8 Å². The van der Waals surface area contributed by atoms with E-state index in [0.29, 0.717) is 18.3 Å². The van der Waals surface area contributed by atoms with Gasteiger partial charge in [-0.1, -0.05) is 33.2 Å². The van der Waals surface area contributed by atoms with Gasteiger partial charge in [0.15, 0.2) is 0 Å². The maximum absolute atomic E-state index is 5.74. The highest BCUT2D eigenvalue weighted by Gasteiger charge is 2.30. The first kappa shape index (κ1) is 12.8. The first-order valence-corrected chi connectivity index (χ1v) is 7.01. The molecule has 2 N–H and O–H groups in total. The van der Waals surface area contributed by atoms with E-state index in [1.807, 2.05) is 24.3 Å². The quantitative estimate of drug-likeness (QED) is 0.939. The maximum atomic E-state index is 5.74. The Kier molecular flexibility index (Phi) is 3.63. The molecular weight excluding hydrogens is 310 g/mol. The van der Waals surface area contributed by atoms with Crippen molar-refractivity contribution in [3.05, 3.63) is 34.6 Å². The van der Waals surface area contributed by atoms with Crippen molar-refractivity contribution in [1.82, 2.24) is 10.1 Å². The van der Waals surface area contributed by atoms with E-state index >= 15 is 0 Å². The molecule has 100 valence electrons. The smallest absolute Gasteiger partial charge is 0.256 e. The molecule has 2 unspecified atom stereocenters. The van der Waals surface area contributed by atoms with E-state index in [2.05, 4.69) is 26.1 Å². The van der Waals surface area contributed by atoms with Gasteiger partial charge < -0.3 is 15.0 Å². The van der Waals surface area contributed by atoms with Crippen LogP contribution in [0.25, 0.3) is 11.4 Å².